The van der Waals surface area contributed by atoms with Gasteiger partial charge in [-0.15, -0.1) is 0 Å². The highest BCUT2D eigenvalue weighted by atomic mass is 35.5. The van der Waals surface area contributed by atoms with E-state index in [1.807, 2.05) is 24.3 Å². The molecular formula is C25H30ClNO4. The molecule has 2 aromatic carbocycles. The Morgan fingerprint density at radius 3 is 2.68 bits per heavy atom. The second-order valence-electron chi connectivity index (χ2n) is 7.69. The highest BCUT2D eigenvalue weighted by Gasteiger charge is 2.14. The molecule has 0 radical (unpaired) electrons. The van der Waals surface area contributed by atoms with Gasteiger partial charge in [0.25, 0.3) is 0 Å². The number of ether oxygens (including phenoxy) is 1. The molecule has 1 heterocycles. The number of anilines is 1. The Bertz CT molecular complexity index is 1030. The first kappa shape index (κ1) is 23.0. The molecule has 5 nitrogen and oxygen atoms in total. The summed E-state index contributed by atoms with van der Waals surface area (Å²) in [6, 6.07) is 9.85. The number of carboxylic acid groups (broad SMARTS) is 1. The number of hydrogen-bond donors (Lipinski definition) is 2. The van der Waals surface area contributed by atoms with Crippen LogP contribution in [0.5, 0.6) is 5.75 Å². The molecule has 0 saturated carbocycles. The second kappa shape index (κ2) is 11.1. The Morgan fingerprint density at radius 1 is 1.13 bits per heavy atom. The largest absolute Gasteiger partial charge is 0.493 e. The van der Waals surface area contributed by atoms with Gasteiger partial charge in [-0.25, -0.2) is 0 Å². The number of aliphatic carboxylic acids is 1. The molecule has 0 aliphatic carbocycles. The SMILES string of the molecule is CCCc1cc(NCCCOc2ccc3c(Cl)coc3c2CCC)ccc1CC(=O)O. The summed E-state index contributed by atoms with van der Waals surface area (Å²) in [5.41, 5.74) is 4.88. The Morgan fingerprint density at radius 2 is 1.94 bits per heavy atom. The van der Waals surface area contributed by atoms with Crippen LogP contribution in [-0.2, 0) is 24.1 Å². The summed E-state index contributed by atoms with van der Waals surface area (Å²) in [6.45, 7) is 5.58. The quantitative estimate of drug-likeness (QED) is 0.312. The van der Waals surface area contributed by atoms with Crippen LogP contribution in [0.3, 0.4) is 0 Å². The van der Waals surface area contributed by atoms with E-state index < -0.39 is 5.97 Å². The summed E-state index contributed by atoms with van der Waals surface area (Å²) in [5.74, 6) is 0.0521. The van der Waals surface area contributed by atoms with Crippen molar-refractivity contribution in [1.29, 1.82) is 0 Å². The fraction of sp³-hybridized carbons (Fsp3) is 0.400. The lowest BCUT2D eigenvalue weighted by Crippen LogP contribution is -2.09. The van der Waals surface area contributed by atoms with Gasteiger partial charge in [0.15, 0.2) is 0 Å². The molecule has 166 valence electrons. The first-order valence-electron chi connectivity index (χ1n) is 10.9. The van der Waals surface area contributed by atoms with E-state index in [0.29, 0.717) is 11.6 Å². The molecule has 0 amide bonds. The summed E-state index contributed by atoms with van der Waals surface area (Å²) in [5, 5.41) is 14.1. The molecule has 0 bridgehead atoms. The van der Waals surface area contributed by atoms with Gasteiger partial charge in [-0.05, 0) is 54.7 Å². The molecule has 0 saturated heterocycles. The smallest absolute Gasteiger partial charge is 0.307 e. The molecular weight excluding hydrogens is 414 g/mol. The first-order chi connectivity index (χ1) is 15.0. The standard InChI is InChI=1S/C25H30ClNO4/c1-3-6-17-14-19(9-8-18(17)15-24(28)29)27-12-5-13-30-23-11-10-20-22(26)16-31-25(20)21(23)7-4-2/h8-11,14,16,27H,3-7,12-13,15H2,1-2H3,(H,28,29). The number of furan rings is 1. The number of fused-ring (bicyclic) bond motifs is 1. The molecule has 0 atom stereocenters. The van der Waals surface area contributed by atoms with Gasteiger partial charge in [-0.2, -0.15) is 0 Å². The predicted octanol–water partition coefficient (Wildman–Crippen LogP) is 6.50. The zero-order chi connectivity index (χ0) is 22.2. The number of nitrogens with one attached hydrogen (secondary N) is 1. The molecule has 0 aliphatic heterocycles. The van der Waals surface area contributed by atoms with Crippen molar-refractivity contribution in [1.82, 2.24) is 0 Å². The number of aryl methyl sites for hydroxylation is 2. The third-order valence-corrected chi connectivity index (χ3v) is 5.52. The summed E-state index contributed by atoms with van der Waals surface area (Å²) in [7, 11) is 0. The lowest BCUT2D eigenvalue weighted by atomic mass is 10.00. The fourth-order valence-electron chi connectivity index (χ4n) is 3.79. The summed E-state index contributed by atoms with van der Waals surface area (Å²) < 4.78 is 11.7. The van der Waals surface area contributed by atoms with E-state index in [-0.39, 0.29) is 6.42 Å². The second-order valence-corrected chi connectivity index (χ2v) is 8.09. The van der Waals surface area contributed by atoms with Gasteiger partial charge < -0.3 is 19.6 Å². The number of benzene rings is 2. The van der Waals surface area contributed by atoms with Crippen LogP contribution in [0.25, 0.3) is 11.0 Å². The van der Waals surface area contributed by atoms with Gasteiger partial charge in [0.2, 0.25) is 0 Å². The molecule has 0 fully saturated rings. The molecule has 3 aromatic rings. The Balaban J connectivity index is 1.56. The van der Waals surface area contributed by atoms with Crippen molar-refractivity contribution >= 4 is 34.2 Å². The van der Waals surface area contributed by atoms with E-state index in [0.717, 1.165) is 77.7 Å². The lowest BCUT2D eigenvalue weighted by molar-refractivity contribution is -0.136. The summed E-state index contributed by atoms with van der Waals surface area (Å²) in [6.07, 6.45) is 6.20. The predicted molar refractivity (Wildman–Crippen MR) is 126 cm³/mol. The van der Waals surface area contributed by atoms with Gasteiger partial charge in [0, 0.05) is 23.2 Å². The molecule has 31 heavy (non-hydrogen) atoms. The number of halogens is 1. The zero-order valence-electron chi connectivity index (χ0n) is 18.2. The van der Waals surface area contributed by atoms with E-state index in [9.17, 15) is 4.79 Å². The maximum atomic E-state index is 11.1. The molecule has 6 heteroatoms. The van der Waals surface area contributed by atoms with Crippen LogP contribution in [0, 0.1) is 0 Å². The number of carboxylic acids is 1. The lowest BCUT2D eigenvalue weighted by Gasteiger charge is -2.14. The minimum absolute atomic E-state index is 0.0643. The molecule has 0 spiro atoms. The van der Waals surface area contributed by atoms with Crippen LogP contribution in [0.1, 0.15) is 49.8 Å². The van der Waals surface area contributed by atoms with Gasteiger partial charge in [0.1, 0.15) is 17.6 Å². The van der Waals surface area contributed by atoms with Crippen molar-refractivity contribution in [3.8, 4) is 5.75 Å². The maximum Gasteiger partial charge on any atom is 0.307 e. The number of hydrogen-bond acceptors (Lipinski definition) is 4. The Hall–Kier alpha value is -2.66. The van der Waals surface area contributed by atoms with Crippen LogP contribution >= 0.6 is 11.6 Å². The molecule has 3 rings (SSSR count). The van der Waals surface area contributed by atoms with Crippen molar-refractivity contribution in [2.45, 2.75) is 52.4 Å². The molecule has 2 N–H and O–H groups in total. The van der Waals surface area contributed by atoms with Crippen molar-refractivity contribution < 1.29 is 19.1 Å². The Kier molecular flexibility index (Phi) is 8.24. The third-order valence-electron chi connectivity index (χ3n) is 5.23. The van der Waals surface area contributed by atoms with Crippen molar-refractivity contribution in [2.24, 2.45) is 0 Å². The average molecular weight is 444 g/mol. The monoisotopic (exact) mass is 443 g/mol. The van der Waals surface area contributed by atoms with E-state index in [1.165, 1.54) is 0 Å². The van der Waals surface area contributed by atoms with E-state index in [1.54, 1.807) is 6.26 Å². The van der Waals surface area contributed by atoms with Crippen molar-refractivity contribution in [2.75, 3.05) is 18.5 Å². The minimum Gasteiger partial charge on any atom is -0.493 e. The molecule has 0 unspecified atom stereocenters. The van der Waals surface area contributed by atoms with Crippen LogP contribution in [0.4, 0.5) is 5.69 Å². The van der Waals surface area contributed by atoms with Gasteiger partial charge in [-0.1, -0.05) is 44.4 Å². The topological polar surface area (TPSA) is 71.7 Å². The molecule has 1 aromatic heterocycles. The van der Waals surface area contributed by atoms with E-state index in [2.05, 4.69) is 25.2 Å². The van der Waals surface area contributed by atoms with Crippen molar-refractivity contribution in [3.63, 3.8) is 0 Å². The van der Waals surface area contributed by atoms with Crippen LogP contribution in [0.15, 0.2) is 41.0 Å². The normalized spacial score (nSPS) is 11.1. The van der Waals surface area contributed by atoms with Crippen LogP contribution in [-0.4, -0.2) is 24.2 Å². The van der Waals surface area contributed by atoms with Gasteiger partial charge in [-0.3, -0.25) is 4.79 Å². The Labute approximate surface area is 188 Å². The van der Waals surface area contributed by atoms with E-state index in [4.69, 9.17) is 25.9 Å². The van der Waals surface area contributed by atoms with E-state index >= 15 is 0 Å². The highest BCUT2D eigenvalue weighted by Crippen LogP contribution is 2.34. The molecule has 0 aliphatic rings. The van der Waals surface area contributed by atoms with Crippen LogP contribution in [0.2, 0.25) is 5.02 Å². The first-order valence-corrected chi connectivity index (χ1v) is 11.3. The summed E-state index contributed by atoms with van der Waals surface area (Å²) in [4.78, 5) is 11.1. The average Bonchev–Trinajstić information content (AvgIpc) is 3.12. The maximum absolute atomic E-state index is 11.1. The summed E-state index contributed by atoms with van der Waals surface area (Å²) >= 11 is 6.19. The number of carbonyl (C=O) groups is 1. The number of rotatable bonds is 12. The third kappa shape index (κ3) is 5.95. The zero-order valence-corrected chi connectivity index (χ0v) is 18.9. The fourth-order valence-corrected chi connectivity index (χ4v) is 3.98. The van der Waals surface area contributed by atoms with Gasteiger partial charge >= 0.3 is 5.97 Å². The van der Waals surface area contributed by atoms with Crippen LogP contribution < -0.4 is 10.1 Å². The van der Waals surface area contributed by atoms with Gasteiger partial charge in [0.05, 0.1) is 18.1 Å². The minimum atomic E-state index is -0.798. The highest BCUT2D eigenvalue weighted by molar-refractivity contribution is 6.35. The van der Waals surface area contributed by atoms with Crippen molar-refractivity contribution in [3.05, 3.63) is 58.3 Å².